The topological polar surface area (TPSA) is 88.1 Å². The van der Waals surface area contributed by atoms with Gasteiger partial charge in [0.15, 0.2) is 0 Å². The van der Waals surface area contributed by atoms with Gasteiger partial charge < -0.3 is 10.2 Å². The van der Waals surface area contributed by atoms with Crippen LogP contribution in [0.4, 0.5) is 17.3 Å². The fourth-order valence-corrected chi connectivity index (χ4v) is 5.31. The van der Waals surface area contributed by atoms with Crippen LogP contribution in [0.2, 0.25) is 0 Å². The summed E-state index contributed by atoms with van der Waals surface area (Å²) in [5.41, 5.74) is 2.36. The number of nitrogens with one attached hydrogen (secondary N) is 1. The van der Waals surface area contributed by atoms with E-state index in [1.165, 1.54) is 18.1 Å². The summed E-state index contributed by atoms with van der Waals surface area (Å²) in [5.74, 6) is 2.18. The van der Waals surface area contributed by atoms with Gasteiger partial charge in [-0.2, -0.15) is 0 Å². The van der Waals surface area contributed by atoms with Crippen molar-refractivity contribution in [1.82, 2.24) is 15.0 Å². The van der Waals surface area contributed by atoms with Crippen molar-refractivity contribution in [3.63, 3.8) is 0 Å². The second kappa shape index (κ2) is 7.83. The van der Waals surface area contributed by atoms with Gasteiger partial charge in [-0.3, -0.25) is 0 Å². The highest BCUT2D eigenvalue weighted by Gasteiger charge is 2.38. The summed E-state index contributed by atoms with van der Waals surface area (Å²) in [6.07, 6.45) is 6.40. The zero-order valence-corrected chi connectivity index (χ0v) is 18.5. The van der Waals surface area contributed by atoms with E-state index in [9.17, 15) is 8.42 Å². The van der Waals surface area contributed by atoms with Crippen LogP contribution in [-0.4, -0.2) is 48.0 Å². The Hall–Kier alpha value is -2.74. The molecule has 0 unspecified atom stereocenters. The minimum atomic E-state index is -2.98. The lowest BCUT2D eigenvalue weighted by Gasteiger charge is -2.48. The number of anilines is 3. The fraction of sp³-hybridized carbons (Fsp3) is 0.409. The molecule has 8 heteroatoms. The van der Waals surface area contributed by atoms with Crippen molar-refractivity contribution in [2.75, 3.05) is 28.8 Å². The van der Waals surface area contributed by atoms with Gasteiger partial charge in [0.2, 0.25) is 0 Å². The molecular weight excluding hydrogens is 398 g/mol. The molecule has 0 radical (unpaired) electrons. The number of pyridine rings is 1. The van der Waals surface area contributed by atoms with Gasteiger partial charge in [0.05, 0.1) is 5.75 Å². The van der Waals surface area contributed by atoms with E-state index < -0.39 is 9.84 Å². The first-order valence-corrected chi connectivity index (χ1v) is 12.2. The summed E-state index contributed by atoms with van der Waals surface area (Å²) in [6.45, 7) is 7.20. The van der Waals surface area contributed by atoms with Gasteiger partial charge in [0.25, 0.3) is 0 Å². The summed E-state index contributed by atoms with van der Waals surface area (Å²) in [5, 5.41) is 5.47. The second-order valence-corrected chi connectivity index (χ2v) is 10.6. The van der Waals surface area contributed by atoms with E-state index >= 15 is 0 Å². The number of fused-ring (bicyclic) bond motifs is 1. The van der Waals surface area contributed by atoms with Gasteiger partial charge in [-0.15, -0.1) is 0 Å². The third-order valence-electron chi connectivity index (χ3n) is 5.80. The van der Waals surface area contributed by atoms with E-state index in [0.717, 1.165) is 28.8 Å². The van der Waals surface area contributed by atoms with Crippen LogP contribution in [-0.2, 0) is 9.84 Å². The number of rotatable bonds is 6. The summed E-state index contributed by atoms with van der Waals surface area (Å²) in [6, 6.07) is 8.35. The van der Waals surface area contributed by atoms with Crippen molar-refractivity contribution in [3.05, 3.63) is 48.5 Å². The molecule has 158 valence electrons. The quantitative estimate of drug-likeness (QED) is 0.643. The zero-order chi connectivity index (χ0) is 21.5. The maximum absolute atomic E-state index is 11.7. The van der Waals surface area contributed by atoms with Crippen molar-refractivity contribution < 1.29 is 8.42 Å². The predicted octanol–water partition coefficient (Wildman–Crippen LogP) is 3.76. The van der Waals surface area contributed by atoms with Crippen molar-refractivity contribution in [2.45, 2.75) is 32.7 Å². The number of nitrogens with zero attached hydrogens (tertiary/aromatic N) is 4. The van der Waals surface area contributed by atoms with Gasteiger partial charge >= 0.3 is 0 Å². The van der Waals surface area contributed by atoms with Crippen molar-refractivity contribution in [2.24, 2.45) is 5.92 Å². The number of hydrogen-bond donors (Lipinski definition) is 1. The van der Waals surface area contributed by atoms with Crippen molar-refractivity contribution in [1.29, 1.82) is 0 Å². The highest BCUT2D eigenvalue weighted by atomic mass is 32.2. The van der Waals surface area contributed by atoms with Crippen LogP contribution in [0.1, 0.15) is 32.3 Å². The maximum atomic E-state index is 11.7. The highest BCUT2D eigenvalue weighted by Crippen LogP contribution is 2.39. The molecule has 0 spiro atoms. The molecule has 3 aromatic rings. The van der Waals surface area contributed by atoms with Crippen LogP contribution in [0.25, 0.3) is 10.8 Å². The average Bonchev–Trinajstić information content (AvgIpc) is 2.70. The molecule has 3 heterocycles. The monoisotopic (exact) mass is 425 g/mol. The molecule has 2 atom stereocenters. The van der Waals surface area contributed by atoms with E-state index in [2.05, 4.69) is 64.1 Å². The Morgan fingerprint density at radius 3 is 2.60 bits per heavy atom. The molecule has 4 rings (SSSR count). The summed E-state index contributed by atoms with van der Waals surface area (Å²) < 4.78 is 23.4. The summed E-state index contributed by atoms with van der Waals surface area (Å²) in [4.78, 5) is 15.0. The second-order valence-electron chi connectivity index (χ2n) is 8.41. The molecule has 1 N–H and O–H groups in total. The molecular formula is C22H27N5O2S. The molecule has 1 fully saturated rings. The van der Waals surface area contributed by atoms with Crippen LogP contribution in [0.3, 0.4) is 0 Å². The summed E-state index contributed by atoms with van der Waals surface area (Å²) >= 11 is 0. The van der Waals surface area contributed by atoms with Crippen LogP contribution >= 0.6 is 0 Å². The third-order valence-corrected chi connectivity index (χ3v) is 6.84. The predicted molar refractivity (Wildman–Crippen MR) is 121 cm³/mol. The number of hydrogen-bond acceptors (Lipinski definition) is 7. The van der Waals surface area contributed by atoms with Gasteiger partial charge in [-0.1, -0.05) is 19.9 Å². The van der Waals surface area contributed by atoms with E-state index in [-0.39, 0.29) is 17.7 Å². The molecule has 0 amide bonds. The first-order chi connectivity index (χ1) is 14.2. The third kappa shape index (κ3) is 4.09. The highest BCUT2D eigenvalue weighted by molar-refractivity contribution is 7.90. The van der Waals surface area contributed by atoms with E-state index in [1.54, 1.807) is 12.3 Å². The Balaban J connectivity index is 1.69. The SMILES string of the molecule is CC(C)c1ccc(N2C[C@H](CS(C)(=O)=O)[C@H]2C)c2cnc(Nc3ccncn3)cc12. The lowest BCUT2D eigenvalue weighted by molar-refractivity contribution is 0.342. The molecule has 0 aliphatic carbocycles. The summed E-state index contributed by atoms with van der Waals surface area (Å²) in [7, 11) is -2.98. The molecule has 1 aliphatic heterocycles. The van der Waals surface area contributed by atoms with E-state index in [0.29, 0.717) is 11.7 Å². The lowest BCUT2D eigenvalue weighted by Crippen LogP contribution is -2.57. The van der Waals surface area contributed by atoms with Crippen LogP contribution in [0, 0.1) is 5.92 Å². The molecule has 2 aromatic heterocycles. The standard InChI is InChI=1S/C22H27N5O2S/c1-14(2)17-5-6-20(27-11-16(15(27)3)12-30(4,28)29)19-10-24-22(9-18(17)19)26-21-7-8-23-13-25-21/h5-10,13-16H,11-12H2,1-4H3,(H,23,24,25,26)/t15-,16-/m1/s1. The van der Waals surface area contributed by atoms with Gasteiger partial charge in [0, 0.05) is 48.2 Å². The minimum absolute atomic E-state index is 0.159. The zero-order valence-electron chi connectivity index (χ0n) is 17.7. The molecule has 0 saturated carbocycles. The Kier molecular flexibility index (Phi) is 5.36. The Morgan fingerprint density at radius 1 is 1.17 bits per heavy atom. The smallest absolute Gasteiger partial charge is 0.147 e. The van der Waals surface area contributed by atoms with Crippen molar-refractivity contribution >= 4 is 37.9 Å². The van der Waals surface area contributed by atoms with Gasteiger partial charge in [-0.25, -0.2) is 23.4 Å². The largest absolute Gasteiger partial charge is 0.368 e. The number of sulfone groups is 1. The number of benzene rings is 1. The molecule has 0 bridgehead atoms. The van der Waals surface area contributed by atoms with Crippen molar-refractivity contribution in [3.8, 4) is 0 Å². The normalized spacial score (nSPS) is 19.2. The van der Waals surface area contributed by atoms with E-state index in [1.807, 2.05) is 6.20 Å². The van der Waals surface area contributed by atoms with Crippen LogP contribution in [0.5, 0.6) is 0 Å². The molecule has 7 nitrogen and oxygen atoms in total. The molecule has 1 aromatic carbocycles. The first-order valence-electron chi connectivity index (χ1n) is 10.1. The Bertz CT molecular complexity index is 1160. The first kappa shape index (κ1) is 20.5. The fourth-order valence-electron chi connectivity index (χ4n) is 4.15. The Labute approximate surface area is 177 Å². The molecule has 1 saturated heterocycles. The van der Waals surface area contributed by atoms with Crippen LogP contribution < -0.4 is 10.2 Å². The number of aromatic nitrogens is 3. The van der Waals surface area contributed by atoms with E-state index in [4.69, 9.17) is 0 Å². The minimum Gasteiger partial charge on any atom is -0.368 e. The lowest BCUT2D eigenvalue weighted by atomic mass is 9.88. The Morgan fingerprint density at radius 2 is 1.97 bits per heavy atom. The van der Waals surface area contributed by atoms with Gasteiger partial charge in [-0.05, 0) is 42.0 Å². The molecule has 30 heavy (non-hydrogen) atoms. The maximum Gasteiger partial charge on any atom is 0.147 e. The van der Waals surface area contributed by atoms with Gasteiger partial charge in [0.1, 0.15) is 27.8 Å². The van der Waals surface area contributed by atoms with Crippen LogP contribution in [0.15, 0.2) is 43.0 Å². The molecule has 1 aliphatic rings. The average molecular weight is 426 g/mol.